The molecule has 1 aromatic heterocycles. The van der Waals surface area contributed by atoms with Crippen LogP contribution in [0.25, 0.3) is 11.0 Å². The molecule has 3 rings (SSSR count). The SMILES string of the molecule is O=c1[nH]c2cc([N+](=O)[O-])cc(CNCOP(=O)(O)Cc3ccccc3)c2[nH]c1=O. The molecule has 12 heteroatoms. The highest BCUT2D eigenvalue weighted by Gasteiger charge is 2.20. The Kier molecular flexibility index (Phi) is 6.04. The van der Waals surface area contributed by atoms with Crippen molar-refractivity contribution in [2.45, 2.75) is 12.7 Å². The molecule has 1 heterocycles. The van der Waals surface area contributed by atoms with Gasteiger partial charge in [-0.05, 0) is 11.1 Å². The van der Waals surface area contributed by atoms with Crippen LogP contribution in [0.15, 0.2) is 52.1 Å². The van der Waals surface area contributed by atoms with Crippen LogP contribution in [0.2, 0.25) is 0 Å². The maximum absolute atomic E-state index is 12.1. The normalized spacial score (nSPS) is 13.3. The fourth-order valence-electron chi connectivity index (χ4n) is 2.72. The molecule has 29 heavy (non-hydrogen) atoms. The third kappa shape index (κ3) is 5.24. The molecule has 11 nitrogen and oxygen atoms in total. The first-order valence-corrected chi connectivity index (χ1v) is 10.2. The highest BCUT2D eigenvalue weighted by Crippen LogP contribution is 2.45. The van der Waals surface area contributed by atoms with E-state index < -0.39 is 23.6 Å². The van der Waals surface area contributed by atoms with Gasteiger partial charge >= 0.3 is 18.7 Å². The van der Waals surface area contributed by atoms with Gasteiger partial charge in [0.05, 0.1) is 22.1 Å². The van der Waals surface area contributed by atoms with Gasteiger partial charge in [0.2, 0.25) is 0 Å². The molecule has 3 aromatic rings. The van der Waals surface area contributed by atoms with Crippen LogP contribution >= 0.6 is 7.60 Å². The van der Waals surface area contributed by atoms with Crippen LogP contribution in [0, 0.1) is 10.1 Å². The maximum atomic E-state index is 12.1. The number of aromatic nitrogens is 2. The second-order valence-electron chi connectivity index (χ2n) is 6.17. The van der Waals surface area contributed by atoms with Gasteiger partial charge in [-0.1, -0.05) is 30.3 Å². The Morgan fingerprint density at radius 1 is 1.14 bits per heavy atom. The number of hydrogen-bond donors (Lipinski definition) is 4. The number of H-pyrrole nitrogens is 2. The predicted octanol–water partition coefficient (Wildman–Crippen LogP) is 1.57. The minimum Gasteiger partial charge on any atom is -0.324 e. The smallest absolute Gasteiger partial charge is 0.324 e. The summed E-state index contributed by atoms with van der Waals surface area (Å²) in [5, 5.41) is 13.9. The first kappa shape index (κ1) is 20.6. The molecule has 0 aliphatic carbocycles. The van der Waals surface area contributed by atoms with Crippen LogP contribution < -0.4 is 16.4 Å². The van der Waals surface area contributed by atoms with Crippen molar-refractivity contribution in [1.82, 2.24) is 15.3 Å². The van der Waals surface area contributed by atoms with Crippen molar-refractivity contribution in [2.75, 3.05) is 6.73 Å². The summed E-state index contributed by atoms with van der Waals surface area (Å²) in [4.78, 5) is 48.2. The molecule has 0 bridgehead atoms. The van der Waals surface area contributed by atoms with Crippen molar-refractivity contribution >= 4 is 24.3 Å². The van der Waals surface area contributed by atoms with Crippen molar-refractivity contribution in [3.8, 4) is 0 Å². The molecule has 0 fully saturated rings. The molecule has 0 amide bonds. The fourth-order valence-corrected chi connectivity index (χ4v) is 3.77. The van der Waals surface area contributed by atoms with Crippen LogP contribution in [0.5, 0.6) is 0 Å². The first-order valence-electron chi connectivity index (χ1n) is 8.40. The maximum Gasteiger partial charge on any atom is 0.333 e. The summed E-state index contributed by atoms with van der Waals surface area (Å²) in [5.74, 6) is 0. The number of rotatable bonds is 8. The summed E-state index contributed by atoms with van der Waals surface area (Å²) in [6.45, 7) is -0.329. The molecule has 2 aromatic carbocycles. The number of benzene rings is 2. The molecule has 1 atom stereocenters. The molecule has 0 saturated heterocycles. The zero-order valence-corrected chi connectivity index (χ0v) is 15.8. The van der Waals surface area contributed by atoms with Gasteiger partial charge in [0, 0.05) is 18.7 Å². The number of nitrogens with zero attached hydrogens (tertiary/aromatic N) is 1. The molecule has 1 unspecified atom stereocenters. The fraction of sp³-hybridized carbons (Fsp3) is 0.176. The Bertz CT molecular complexity index is 1210. The van der Waals surface area contributed by atoms with Crippen LogP contribution in [-0.4, -0.2) is 26.5 Å². The Labute approximate surface area is 163 Å². The van der Waals surface area contributed by atoms with E-state index in [1.807, 2.05) is 0 Å². The monoisotopic (exact) mass is 420 g/mol. The molecule has 0 aliphatic heterocycles. The largest absolute Gasteiger partial charge is 0.333 e. The average molecular weight is 420 g/mol. The summed E-state index contributed by atoms with van der Waals surface area (Å²) < 4.78 is 17.2. The van der Waals surface area contributed by atoms with Crippen molar-refractivity contribution in [3.05, 3.63) is 84.4 Å². The van der Waals surface area contributed by atoms with Crippen molar-refractivity contribution in [3.63, 3.8) is 0 Å². The summed E-state index contributed by atoms with van der Waals surface area (Å²) >= 11 is 0. The van der Waals surface area contributed by atoms with E-state index >= 15 is 0 Å². The van der Waals surface area contributed by atoms with E-state index in [2.05, 4.69) is 15.3 Å². The minimum absolute atomic E-state index is 0.0223. The van der Waals surface area contributed by atoms with Crippen molar-refractivity contribution < 1.29 is 18.9 Å². The number of fused-ring (bicyclic) bond motifs is 1. The molecule has 0 saturated carbocycles. The second kappa shape index (κ2) is 8.50. The first-order chi connectivity index (χ1) is 13.7. The van der Waals surface area contributed by atoms with Crippen LogP contribution in [0.4, 0.5) is 5.69 Å². The number of nitro benzene ring substituents is 1. The average Bonchev–Trinajstić information content (AvgIpc) is 2.66. The summed E-state index contributed by atoms with van der Waals surface area (Å²) in [5.41, 5.74) is -0.849. The minimum atomic E-state index is -3.90. The molecule has 4 N–H and O–H groups in total. The van der Waals surface area contributed by atoms with Crippen molar-refractivity contribution in [1.29, 1.82) is 0 Å². The van der Waals surface area contributed by atoms with Gasteiger partial charge in [0.1, 0.15) is 6.73 Å². The second-order valence-corrected chi connectivity index (χ2v) is 8.02. The lowest BCUT2D eigenvalue weighted by molar-refractivity contribution is -0.384. The van der Waals surface area contributed by atoms with Gasteiger partial charge in [0.15, 0.2) is 0 Å². The van der Waals surface area contributed by atoms with E-state index in [1.54, 1.807) is 30.3 Å². The number of nitrogens with one attached hydrogen (secondary N) is 3. The van der Waals surface area contributed by atoms with Gasteiger partial charge in [-0.3, -0.25) is 34.1 Å². The highest BCUT2D eigenvalue weighted by molar-refractivity contribution is 7.51. The molecule has 0 aliphatic rings. The molecule has 0 spiro atoms. The lowest BCUT2D eigenvalue weighted by atomic mass is 10.1. The Morgan fingerprint density at radius 3 is 2.52 bits per heavy atom. The quantitative estimate of drug-likeness (QED) is 0.106. The molecule has 152 valence electrons. The molecular weight excluding hydrogens is 403 g/mol. The summed E-state index contributed by atoms with van der Waals surface area (Å²) in [6.07, 6.45) is -0.163. The van der Waals surface area contributed by atoms with Gasteiger partial charge in [-0.15, -0.1) is 0 Å². The summed E-state index contributed by atoms with van der Waals surface area (Å²) in [7, 11) is -3.90. The Balaban J connectivity index is 1.72. The Hall–Kier alpha value is -3.11. The lowest BCUT2D eigenvalue weighted by Gasteiger charge is -2.13. The van der Waals surface area contributed by atoms with E-state index in [0.29, 0.717) is 11.1 Å². The van der Waals surface area contributed by atoms with Gasteiger partial charge in [-0.2, -0.15) is 0 Å². The highest BCUT2D eigenvalue weighted by atomic mass is 31.2. The van der Waals surface area contributed by atoms with E-state index in [1.165, 1.54) is 6.07 Å². The van der Waals surface area contributed by atoms with Gasteiger partial charge in [-0.25, -0.2) is 0 Å². The summed E-state index contributed by atoms with van der Waals surface area (Å²) in [6, 6.07) is 11.0. The topological polar surface area (TPSA) is 167 Å². The Morgan fingerprint density at radius 2 is 1.83 bits per heavy atom. The lowest BCUT2D eigenvalue weighted by Crippen LogP contribution is -2.29. The third-order valence-corrected chi connectivity index (χ3v) is 5.31. The van der Waals surface area contributed by atoms with Crippen LogP contribution in [0.1, 0.15) is 11.1 Å². The number of nitro groups is 1. The molecule has 0 radical (unpaired) electrons. The number of hydrogen-bond acceptors (Lipinski definition) is 7. The standard InChI is InChI=1S/C17H17N4O7P/c22-16-17(23)20-15-12(6-13(21(24)25)7-14(15)19-16)8-18-10-28-29(26,27)9-11-4-2-1-3-5-11/h1-7,18H,8-10H2,(H,19,22)(H,20,23)(H,26,27). The number of non-ortho nitro benzene ring substituents is 1. The van der Waals surface area contributed by atoms with E-state index in [-0.39, 0.29) is 36.2 Å². The van der Waals surface area contributed by atoms with Crippen LogP contribution in [0.3, 0.4) is 0 Å². The van der Waals surface area contributed by atoms with E-state index in [9.17, 15) is 29.2 Å². The van der Waals surface area contributed by atoms with E-state index in [4.69, 9.17) is 4.52 Å². The van der Waals surface area contributed by atoms with Gasteiger partial charge < -0.3 is 14.9 Å². The number of aromatic amines is 2. The zero-order chi connectivity index (χ0) is 21.0. The van der Waals surface area contributed by atoms with E-state index in [0.717, 1.165) is 6.07 Å². The third-order valence-electron chi connectivity index (χ3n) is 4.02. The van der Waals surface area contributed by atoms with Crippen LogP contribution in [-0.2, 0) is 21.8 Å². The van der Waals surface area contributed by atoms with Gasteiger partial charge in [0.25, 0.3) is 5.69 Å². The zero-order valence-electron chi connectivity index (χ0n) is 15.0. The molecular formula is C17H17N4O7P. The van der Waals surface area contributed by atoms with Crippen molar-refractivity contribution in [2.24, 2.45) is 0 Å². The predicted molar refractivity (Wildman–Crippen MR) is 105 cm³/mol.